The van der Waals surface area contributed by atoms with Gasteiger partial charge in [-0.15, -0.1) is 0 Å². The standard InChI is InChI=1S/C11H21N5O3S/c1-5-6-19-10-15-8(12)14-9(16-10)13-7-11(2,3)20(4,17)18/h5-7H2,1-4H3,(H3,12,13,14,15,16). The molecule has 8 nitrogen and oxygen atoms in total. The summed E-state index contributed by atoms with van der Waals surface area (Å²) in [6.45, 7) is 5.82. The first-order chi connectivity index (χ1) is 9.15. The maximum atomic E-state index is 11.6. The Labute approximate surface area is 119 Å². The summed E-state index contributed by atoms with van der Waals surface area (Å²) >= 11 is 0. The smallest absolute Gasteiger partial charge is 0.323 e. The number of hydrogen-bond donors (Lipinski definition) is 2. The second-order valence-electron chi connectivity index (χ2n) is 5.03. The van der Waals surface area contributed by atoms with E-state index in [2.05, 4.69) is 20.3 Å². The van der Waals surface area contributed by atoms with Crippen LogP contribution in [0.4, 0.5) is 11.9 Å². The molecule has 3 N–H and O–H groups in total. The Balaban J connectivity index is 2.80. The van der Waals surface area contributed by atoms with Gasteiger partial charge in [0.05, 0.1) is 11.4 Å². The van der Waals surface area contributed by atoms with Crippen molar-refractivity contribution in [2.75, 3.05) is 30.5 Å². The maximum Gasteiger partial charge on any atom is 0.323 e. The summed E-state index contributed by atoms with van der Waals surface area (Å²) in [5, 5.41) is 2.85. The van der Waals surface area contributed by atoms with Crippen LogP contribution in [0.1, 0.15) is 27.2 Å². The minimum atomic E-state index is -3.20. The number of rotatable bonds is 7. The normalized spacial score (nSPS) is 12.2. The molecule has 0 spiro atoms. The molecule has 0 aliphatic carbocycles. The van der Waals surface area contributed by atoms with E-state index in [1.165, 1.54) is 6.26 Å². The van der Waals surface area contributed by atoms with Crippen molar-refractivity contribution in [2.24, 2.45) is 0 Å². The van der Waals surface area contributed by atoms with Gasteiger partial charge < -0.3 is 15.8 Å². The number of anilines is 2. The molecule has 0 aliphatic heterocycles. The fourth-order valence-corrected chi connectivity index (χ4v) is 1.47. The van der Waals surface area contributed by atoms with Crippen LogP contribution in [0.2, 0.25) is 0 Å². The van der Waals surface area contributed by atoms with Crippen LogP contribution in [0.3, 0.4) is 0 Å². The van der Waals surface area contributed by atoms with E-state index < -0.39 is 14.6 Å². The van der Waals surface area contributed by atoms with Crippen molar-refractivity contribution >= 4 is 21.7 Å². The molecule has 114 valence electrons. The van der Waals surface area contributed by atoms with Crippen molar-refractivity contribution < 1.29 is 13.2 Å². The highest BCUT2D eigenvalue weighted by Gasteiger charge is 2.30. The Bertz CT molecular complexity index is 559. The molecule has 0 saturated carbocycles. The van der Waals surface area contributed by atoms with Gasteiger partial charge in [0.2, 0.25) is 11.9 Å². The lowest BCUT2D eigenvalue weighted by atomic mass is 10.2. The molecular weight excluding hydrogens is 282 g/mol. The van der Waals surface area contributed by atoms with E-state index in [1.807, 2.05) is 6.92 Å². The average Bonchev–Trinajstić information content (AvgIpc) is 2.32. The van der Waals surface area contributed by atoms with Crippen molar-refractivity contribution in [3.05, 3.63) is 0 Å². The van der Waals surface area contributed by atoms with Crippen LogP contribution >= 0.6 is 0 Å². The number of nitrogens with zero attached hydrogens (tertiary/aromatic N) is 3. The summed E-state index contributed by atoms with van der Waals surface area (Å²) in [5.74, 6) is 0.214. The van der Waals surface area contributed by atoms with Gasteiger partial charge in [0.15, 0.2) is 9.84 Å². The fourth-order valence-electron chi connectivity index (χ4n) is 1.13. The molecule has 1 aromatic rings. The van der Waals surface area contributed by atoms with Gasteiger partial charge in [-0.25, -0.2) is 8.42 Å². The molecule has 0 aromatic carbocycles. The van der Waals surface area contributed by atoms with E-state index in [-0.39, 0.29) is 24.5 Å². The number of nitrogens with one attached hydrogen (secondary N) is 1. The zero-order valence-electron chi connectivity index (χ0n) is 12.2. The molecule has 0 aliphatic rings. The Kier molecular flexibility index (Phi) is 5.09. The van der Waals surface area contributed by atoms with Gasteiger partial charge >= 0.3 is 6.01 Å². The Morgan fingerprint density at radius 3 is 2.50 bits per heavy atom. The summed E-state index contributed by atoms with van der Waals surface area (Å²) in [7, 11) is -3.20. The molecule has 0 saturated heterocycles. The average molecular weight is 303 g/mol. The van der Waals surface area contributed by atoms with Crippen LogP contribution in [0.25, 0.3) is 0 Å². The van der Waals surface area contributed by atoms with Gasteiger partial charge in [-0.05, 0) is 20.3 Å². The molecule has 1 rings (SSSR count). The summed E-state index contributed by atoms with van der Waals surface area (Å²) < 4.78 is 27.5. The Morgan fingerprint density at radius 1 is 1.30 bits per heavy atom. The third-order valence-corrected chi connectivity index (χ3v) is 4.90. The van der Waals surface area contributed by atoms with E-state index in [0.717, 1.165) is 6.42 Å². The number of hydrogen-bond acceptors (Lipinski definition) is 8. The quantitative estimate of drug-likeness (QED) is 0.746. The molecule has 0 bridgehead atoms. The van der Waals surface area contributed by atoms with Gasteiger partial charge in [0.25, 0.3) is 0 Å². The van der Waals surface area contributed by atoms with E-state index in [0.29, 0.717) is 6.61 Å². The molecule has 0 unspecified atom stereocenters. The van der Waals surface area contributed by atoms with Crippen molar-refractivity contribution in [1.82, 2.24) is 15.0 Å². The lowest BCUT2D eigenvalue weighted by Gasteiger charge is -2.22. The van der Waals surface area contributed by atoms with Crippen LogP contribution in [-0.4, -0.2) is 47.5 Å². The zero-order valence-corrected chi connectivity index (χ0v) is 13.0. The van der Waals surface area contributed by atoms with Crippen molar-refractivity contribution in [1.29, 1.82) is 0 Å². The van der Waals surface area contributed by atoms with Crippen molar-refractivity contribution in [3.63, 3.8) is 0 Å². The maximum absolute atomic E-state index is 11.6. The van der Waals surface area contributed by atoms with Crippen LogP contribution < -0.4 is 15.8 Å². The SMILES string of the molecule is CCCOc1nc(N)nc(NCC(C)(C)S(C)(=O)=O)n1. The molecule has 0 radical (unpaired) electrons. The lowest BCUT2D eigenvalue weighted by Crippen LogP contribution is -2.38. The monoisotopic (exact) mass is 303 g/mol. The van der Waals surface area contributed by atoms with Gasteiger partial charge in [0.1, 0.15) is 0 Å². The highest BCUT2D eigenvalue weighted by molar-refractivity contribution is 7.92. The van der Waals surface area contributed by atoms with Crippen LogP contribution in [0.5, 0.6) is 6.01 Å². The first kappa shape index (κ1) is 16.4. The first-order valence-electron chi connectivity index (χ1n) is 6.23. The topological polar surface area (TPSA) is 120 Å². The van der Waals surface area contributed by atoms with Crippen molar-refractivity contribution in [3.8, 4) is 6.01 Å². The van der Waals surface area contributed by atoms with Gasteiger partial charge in [-0.3, -0.25) is 0 Å². The second kappa shape index (κ2) is 6.21. The number of nitrogens with two attached hydrogens (primary N) is 1. The summed E-state index contributed by atoms with van der Waals surface area (Å²) in [6.07, 6.45) is 2.00. The summed E-state index contributed by atoms with van der Waals surface area (Å²) in [5.41, 5.74) is 5.56. The minimum absolute atomic E-state index is 0.0192. The van der Waals surface area contributed by atoms with Crippen LogP contribution in [0, 0.1) is 0 Å². The van der Waals surface area contributed by atoms with Gasteiger partial charge in [-0.2, -0.15) is 15.0 Å². The van der Waals surface area contributed by atoms with E-state index >= 15 is 0 Å². The molecule has 1 aromatic heterocycles. The molecule has 0 atom stereocenters. The Morgan fingerprint density at radius 2 is 1.95 bits per heavy atom. The second-order valence-corrected chi connectivity index (χ2v) is 7.68. The van der Waals surface area contributed by atoms with Gasteiger partial charge in [-0.1, -0.05) is 6.92 Å². The number of aromatic nitrogens is 3. The zero-order chi connectivity index (χ0) is 15.4. The van der Waals surface area contributed by atoms with E-state index in [4.69, 9.17) is 10.5 Å². The van der Waals surface area contributed by atoms with Crippen LogP contribution in [0.15, 0.2) is 0 Å². The predicted octanol–water partition coefficient (Wildman–Crippen LogP) is 0.478. The summed E-state index contributed by atoms with van der Waals surface area (Å²) in [6, 6.07) is 0.124. The fraction of sp³-hybridized carbons (Fsp3) is 0.727. The van der Waals surface area contributed by atoms with Crippen molar-refractivity contribution in [2.45, 2.75) is 31.9 Å². The number of sulfone groups is 1. The van der Waals surface area contributed by atoms with Crippen LogP contribution in [-0.2, 0) is 9.84 Å². The molecule has 20 heavy (non-hydrogen) atoms. The highest BCUT2D eigenvalue weighted by atomic mass is 32.2. The third kappa shape index (κ3) is 4.48. The van der Waals surface area contributed by atoms with E-state index in [1.54, 1.807) is 13.8 Å². The predicted molar refractivity (Wildman–Crippen MR) is 77.4 cm³/mol. The lowest BCUT2D eigenvalue weighted by molar-refractivity contribution is 0.292. The minimum Gasteiger partial charge on any atom is -0.463 e. The summed E-state index contributed by atoms with van der Waals surface area (Å²) in [4.78, 5) is 11.8. The molecule has 1 heterocycles. The number of nitrogen functional groups attached to an aromatic ring is 1. The highest BCUT2D eigenvalue weighted by Crippen LogP contribution is 2.16. The number of ether oxygens (including phenoxy) is 1. The largest absolute Gasteiger partial charge is 0.463 e. The molecular formula is C11H21N5O3S. The molecule has 0 amide bonds. The molecule has 9 heteroatoms. The van der Waals surface area contributed by atoms with E-state index in [9.17, 15) is 8.42 Å². The third-order valence-electron chi connectivity index (χ3n) is 2.74. The van der Waals surface area contributed by atoms with Gasteiger partial charge in [0, 0.05) is 12.8 Å². The Hall–Kier alpha value is -1.64. The first-order valence-corrected chi connectivity index (χ1v) is 8.12. The molecule has 0 fully saturated rings.